The molecular formula is C23H14F6N4O4S. The molecule has 0 saturated carbocycles. The highest BCUT2D eigenvalue weighted by Crippen LogP contribution is 2.36. The molecule has 4 aromatic rings. The predicted octanol–water partition coefficient (Wildman–Crippen LogP) is 5.29. The minimum atomic E-state index is -5.34. The van der Waals surface area contributed by atoms with Gasteiger partial charge in [-0.2, -0.15) is 31.4 Å². The molecule has 0 unspecified atom stereocenters. The molecule has 0 bridgehead atoms. The van der Waals surface area contributed by atoms with Gasteiger partial charge in [0, 0.05) is 23.3 Å². The Morgan fingerprint density at radius 2 is 1.84 bits per heavy atom. The van der Waals surface area contributed by atoms with Crippen LogP contribution in [0.15, 0.2) is 60.4 Å². The molecular weight excluding hydrogens is 542 g/mol. The molecule has 1 aromatic carbocycles. The first-order chi connectivity index (χ1) is 17.9. The number of carbonyl (C=O) groups excluding carboxylic acids is 2. The van der Waals surface area contributed by atoms with Crippen molar-refractivity contribution in [2.75, 3.05) is 0 Å². The molecule has 3 heterocycles. The number of rotatable bonds is 7. The van der Waals surface area contributed by atoms with Crippen molar-refractivity contribution in [3.63, 3.8) is 0 Å². The van der Waals surface area contributed by atoms with Gasteiger partial charge in [-0.05, 0) is 30.3 Å². The van der Waals surface area contributed by atoms with Crippen molar-refractivity contribution in [1.82, 2.24) is 19.7 Å². The first kappa shape index (κ1) is 26.8. The van der Waals surface area contributed by atoms with Gasteiger partial charge in [0.05, 0.1) is 35.3 Å². The van der Waals surface area contributed by atoms with E-state index >= 15 is 0 Å². The predicted molar refractivity (Wildman–Crippen MR) is 119 cm³/mol. The van der Waals surface area contributed by atoms with Gasteiger partial charge in [-0.25, -0.2) is 14.6 Å². The summed E-state index contributed by atoms with van der Waals surface area (Å²) < 4.78 is 87.8. The zero-order chi connectivity index (χ0) is 27.5. The molecule has 15 heteroatoms. The molecule has 0 N–H and O–H groups in total. The summed E-state index contributed by atoms with van der Waals surface area (Å²) in [5, 5.41) is 5.68. The van der Waals surface area contributed by atoms with Crippen molar-refractivity contribution >= 4 is 23.3 Å². The summed E-state index contributed by atoms with van der Waals surface area (Å²) in [4.78, 5) is 30.9. The number of hydrogen-bond donors (Lipinski definition) is 0. The molecule has 0 amide bonds. The number of hydrogen-bond acceptors (Lipinski definition) is 8. The van der Waals surface area contributed by atoms with Crippen LogP contribution in [0.2, 0.25) is 0 Å². The second kappa shape index (κ2) is 10.6. The number of ether oxygens (including phenoxy) is 2. The molecule has 0 atom stereocenters. The lowest BCUT2D eigenvalue weighted by Gasteiger charge is -2.12. The number of benzene rings is 1. The SMILES string of the molecule is O=C(OC(=O)C(F)(F)F)c1cnn(Cc2nc(-c3cc(OCc4ccccn4)cc(C(F)(F)F)c3)cs2)c1. The van der Waals surface area contributed by atoms with Crippen LogP contribution in [-0.4, -0.2) is 37.9 Å². The van der Waals surface area contributed by atoms with Crippen LogP contribution >= 0.6 is 11.3 Å². The van der Waals surface area contributed by atoms with Crippen LogP contribution in [0.4, 0.5) is 26.3 Å². The van der Waals surface area contributed by atoms with Crippen molar-refractivity contribution in [3.8, 4) is 17.0 Å². The van der Waals surface area contributed by atoms with Gasteiger partial charge in [-0.15, -0.1) is 11.3 Å². The van der Waals surface area contributed by atoms with E-state index in [0.29, 0.717) is 10.7 Å². The average molecular weight is 556 g/mol. The normalized spacial score (nSPS) is 11.8. The zero-order valence-electron chi connectivity index (χ0n) is 18.8. The van der Waals surface area contributed by atoms with Crippen LogP contribution in [0.5, 0.6) is 5.75 Å². The standard InChI is InChI=1S/C23H14F6N4O4S/c24-22(25,26)15-5-13(6-17(7-15)36-11-16-3-1-2-4-30-16)18-12-38-19(32-18)10-33-9-14(8-31-33)20(34)37-21(35)23(27,28)29/h1-9,12H,10-11H2. The number of esters is 2. The van der Waals surface area contributed by atoms with E-state index in [4.69, 9.17) is 4.74 Å². The Labute approximate surface area is 213 Å². The number of nitrogens with zero attached hydrogens (tertiary/aromatic N) is 4. The van der Waals surface area contributed by atoms with Crippen LogP contribution in [0.1, 0.15) is 26.6 Å². The molecule has 8 nitrogen and oxygen atoms in total. The van der Waals surface area contributed by atoms with Crippen LogP contribution in [-0.2, 0) is 28.9 Å². The van der Waals surface area contributed by atoms with E-state index in [9.17, 15) is 35.9 Å². The van der Waals surface area contributed by atoms with E-state index in [0.717, 1.165) is 40.5 Å². The molecule has 38 heavy (non-hydrogen) atoms. The van der Waals surface area contributed by atoms with Crippen LogP contribution in [0.25, 0.3) is 11.3 Å². The Hall–Kier alpha value is -4.27. The molecule has 0 aliphatic rings. The summed E-state index contributed by atoms with van der Waals surface area (Å²) in [6.45, 7) is -0.115. The molecule has 0 aliphatic heterocycles. The minimum absolute atomic E-state index is 0.0429. The fourth-order valence-corrected chi connectivity index (χ4v) is 3.84. The Kier molecular flexibility index (Phi) is 7.48. The van der Waals surface area contributed by atoms with E-state index in [1.54, 1.807) is 18.2 Å². The highest BCUT2D eigenvalue weighted by atomic mass is 32.1. The zero-order valence-corrected chi connectivity index (χ0v) is 19.6. The molecule has 4 rings (SSSR count). The molecule has 3 aromatic heterocycles. The van der Waals surface area contributed by atoms with Gasteiger partial charge in [-0.1, -0.05) is 6.07 Å². The summed E-state index contributed by atoms with van der Waals surface area (Å²) >= 11 is 1.08. The summed E-state index contributed by atoms with van der Waals surface area (Å²) in [7, 11) is 0. The number of aromatic nitrogens is 4. The van der Waals surface area contributed by atoms with Crippen LogP contribution in [0.3, 0.4) is 0 Å². The number of carbonyl (C=O) groups is 2. The number of thiazole rings is 1. The number of alkyl halides is 6. The minimum Gasteiger partial charge on any atom is -0.487 e. The number of pyridine rings is 1. The van der Waals surface area contributed by atoms with Crippen molar-refractivity contribution in [1.29, 1.82) is 0 Å². The van der Waals surface area contributed by atoms with Gasteiger partial charge in [0.2, 0.25) is 0 Å². The summed E-state index contributed by atoms with van der Waals surface area (Å²) in [6, 6.07) is 8.26. The van der Waals surface area contributed by atoms with Gasteiger partial charge >= 0.3 is 24.3 Å². The van der Waals surface area contributed by atoms with Crippen LogP contribution in [0, 0.1) is 0 Å². The summed E-state index contributed by atoms with van der Waals surface area (Å²) in [6.07, 6.45) is -6.51. The largest absolute Gasteiger partial charge is 0.491 e. The van der Waals surface area contributed by atoms with E-state index in [2.05, 4.69) is 19.8 Å². The fourth-order valence-electron chi connectivity index (χ4n) is 3.05. The van der Waals surface area contributed by atoms with Crippen LogP contribution < -0.4 is 4.74 Å². The van der Waals surface area contributed by atoms with Crippen molar-refractivity contribution in [2.45, 2.75) is 25.5 Å². The Balaban J connectivity index is 1.50. The highest BCUT2D eigenvalue weighted by molar-refractivity contribution is 7.09. The van der Waals surface area contributed by atoms with Gasteiger partial charge in [-0.3, -0.25) is 9.67 Å². The average Bonchev–Trinajstić information content (AvgIpc) is 3.52. The van der Waals surface area contributed by atoms with Gasteiger partial charge in [0.15, 0.2) is 0 Å². The van der Waals surface area contributed by atoms with E-state index in [1.807, 2.05) is 0 Å². The quantitative estimate of drug-likeness (QED) is 0.173. The molecule has 0 fully saturated rings. The first-order valence-corrected chi connectivity index (χ1v) is 11.3. The summed E-state index contributed by atoms with van der Waals surface area (Å²) in [5.41, 5.74) is -0.487. The molecule has 0 aliphatic carbocycles. The Morgan fingerprint density at radius 3 is 2.53 bits per heavy atom. The lowest BCUT2D eigenvalue weighted by atomic mass is 10.1. The number of halogens is 6. The maximum absolute atomic E-state index is 13.5. The highest BCUT2D eigenvalue weighted by Gasteiger charge is 2.42. The smallest absolute Gasteiger partial charge is 0.487 e. The maximum Gasteiger partial charge on any atom is 0.491 e. The van der Waals surface area contributed by atoms with Crippen molar-refractivity contribution < 1.29 is 45.4 Å². The first-order valence-electron chi connectivity index (χ1n) is 10.4. The fraction of sp³-hybridized carbons (Fsp3) is 0.174. The van der Waals surface area contributed by atoms with Gasteiger partial charge in [0.1, 0.15) is 17.4 Å². The maximum atomic E-state index is 13.5. The monoisotopic (exact) mass is 556 g/mol. The Bertz CT molecular complexity index is 1450. The third-order valence-electron chi connectivity index (χ3n) is 4.78. The second-order valence-corrected chi connectivity index (χ2v) is 8.52. The molecule has 0 radical (unpaired) electrons. The third-order valence-corrected chi connectivity index (χ3v) is 5.61. The lowest BCUT2D eigenvalue weighted by Crippen LogP contribution is -2.27. The van der Waals surface area contributed by atoms with Gasteiger partial charge < -0.3 is 9.47 Å². The van der Waals surface area contributed by atoms with E-state index in [1.165, 1.54) is 17.6 Å². The van der Waals surface area contributed by atoms with E-state index < -0.39 is 35.4 Å². The van der Waals surface area contributed by atoms with Gasteiger partial charge in [0.25, 0.3) is 0 Å². The van der Waals surface area contributed by atoms with Crippen molar-refractivity contribution in [3.05, 3.63) is 82.2 Å². The topological polar surface area (TPSA) is 96.2 Å². The Morgan fingerprint density at radius 1 is 1.05 bits per heavy atom. The lowest BCUT2D eigenvalue weighted by molar-refractivity contribution is -0.193. The molecule has 0 spiro atoms. The molecule has 198 valence electrons. The summed E-state index contributed by atoms with van der Waals surface area (Å²) in [5.74, 6) is -4.25. The van der Waals surface area contributed by atoms with E-state index in [-0.39, 0.29) is 30.2 Å². The van der Waals surface area contributed by atoms with Crippen molar-refractivity contribution in [2.24, 2.45) is 0 Å². The third kappa shape index (κ3) is 6.73. The molecule has 0 saturated heterocycles. The second-order valence-electron chi connectivity index (χ2n) is 7.58.